The smallest absolute Gasteiger partial charge is 0.262 e. The number of carbonyl (C=O) groups excluding carboxylic acids is 1. The third-order valence-corrected chi connectivity index (χ3v) is 7.34. The second-order valence-electron chi connectivity index (χ2n) is 7.87. The minimum absolute atomic E-state index is 0.119. The maximum Gasteiger partial charge on any atom is 0.262 e. The molecule has 1 saturated heterocycles. The third kappa shape index (κ3) is 6.30. The second-order valence-corrected chi connectivity index (χ2v) is 9.81. The first-order valence-corrected chi connectivity index (χ1v) is 12.8. The lowest BCUT2D eigenvalue weighted by molar-refractivity contribution is -0.118. The lowest BCUT2D eigenvalue weighted by Crippen LogP contribution is -2.35. The highest BCUT2D eigenvalue weighted by atomic mass is 32.2. The average Bonchev–Trinajstić information content (AvgIpc) is 2.85. The molecule has 1 amide bonds. The Bertz CT molecular complexity index is 1110. The van der Waals surface area contributed by atoms with Crippen molar-refractivity contribution in [3.8, 4) is 17.2 Å². The lowest BCUT2D eigenvalue weighted by Gasteiger charge is -2.26. The number of methoxy groups -OCH3 is 1. The van der Waals surface area contributed by atoms with Crippen molar-refractivity contribution in [1.82, 2.24) is 4.31 Å². The summed E-state index contributed by atoms with van der Waals surface area (Å²) >= 11 is 0. The van der Waals surface area contributed by atoms with Crippen molar-refractivity contribution < 1.29 is 27.4 Å². The number of nitrogens with one attached hydrogen (secondary N) is 1. The summed E-state index contributed by atoms with van der Waals surface area (Å²) in [6.07, 6.45) is 5.19. The number of hydrogen-bond donors (Lipinski definition) is 1. The maximum atomic E-state index is 13.1. The van der Waals surface area contributed by atoms with Gasteiger partial charge in [0, 0.05) is 13.1 Å². The van der Waals surface area contributed by atoms with Crippen LogP contribution in [0, 0.1) is 0 Å². The Kier molecular flexibility index (Phi) is 8.95. The minimum Gasteiger partial charge on any atom is -0.493 e. The van der Waals surface area contributed by atoms with Gasteiger partial charge in [-0.15, -0.1) is 6.58 Å². The molecule has 184 valence electrons. The molecule has 0 spiro atoms. The Morgan fingerprint density at radius 1 is 1.06 bits per heavy atom. The highest BCUT2D eigenvalue weighted by Gasteiger charge is 2.27. The molecule has 0 aromatic heterocycles. The third-order valence-electron chi connectivity index (χ3n) is 5.44. The van der Waals surface area contributed by atoms with Crippen molar-refractivity contribution in [1.29, 1.82) is 0 Å². The van der Waals surface area contributed by atoms with Crippen LogP contribution in [0.15, 0.2) is 53.9 Å². The Balaban J connectivity index is 1.75. The van der Waals surface area contributed by atoms with Crippen LogP contribution in [0.4, 0.5) is 5.69 Å². The first-order valence-electron chi connectivity index (χ1n) is 11.4. The summed E-state index contributed by atoms with van der Waals surface area (Å²) in [5.74, 6) is 0.874. The molecule has 1 fully saturated rings. The molecule has 1 aliphatic heterocycles. The van der Waals surface area contributed by atoms with Gasteiger partial charge in [0.25, 0.3) is 5.91 Å². The van der Waals surface area contributed by atoms with E-state index in [0.29, 0.717) is 43.4 Å². The van der Waals surface area contributed by atoms with Gasteiger partial charge >= 0.3 is 0 Å². The molecule has 2 aromatic carbocycles. The van der Waals surface area contributed by atoms with E-state index in [1.54, 1.807) is 18.2 Å². The van der Waals surface area contributed by atoms with Gasteiger partial charge in [-0.25, -0.2) is 8.42 Å². The van der Waals surface area contributed by atoms with Gasteiger partial charge < -0.3 is 19.5 Å². The minimum atomic E-state index is -3.65. The van der Waals surface area contributed by atoms with Crippen LogP contribution in [0.2, 0.25) is 0 Å². The van der Waals surface area contributed by atoms with E-state index in [1.807, 2.05) is 19.1 Å². The van der Waals surface area contributed by atoms with E-state index in [0.717, 1.165) is 24.8 Å². The fraction of sp³-hybridized carbons (Fsp3) is 0.400. The van der Waals surface area contributed by atoms with E-state index in [4.69, 9.17) is 14.2 Å². The topological polar surface area (TPSA) is 94.2 Å². The molecule has 0 unspecified atom stereocenters. The van der Waals surface area contributed by atoms with E-state index < -0.39 is 15.9 Å². The summed E-state index contributed by atoms with van der Waals surface area (Å²) < 4.78 is 44.3. The molecule has 0 radical (unpaired) electrons. The Labute approximate surface area is 201 Å². The summed E-state index contributed by atoms with van der Waals surface area (Å²) in [6.45, 7) is 6.62. The summed E-state index contributed by atoms with van der Waals surface area (Å²) in [7, 11) is -2.12. The molecule has 1 aliphatic rings. The molecule has 1 N–H and O–H groups in total. The van der Waals surface area contributed by atoms with Crippen molar-refractivity contribution in [2.75, 3.05) is 38.7 Å². The zero-order valence-corrected chi connectivity index (χ0v) is 20.5. The number of benzene rings is 2. The standard InChI is InChI=1S/C25H32N2O6S/c1-4-9-19-10-12-23(24(16-19)31-3)33-18-25(28)26-21-17-20(11-13-22(21)32-5-2)34(29,30)27-14-7-6-8-15-27/h4,10-13,16-17H,1,5-9,14-15,18H2,2-3H3,(H,26,28). The van der Waals surface area contributed by atoms with Crippen LogP contribution in [-0.4, -0.2) is 52.0 Å². The quantitative estimate of drug-likeness (QED) is 0.480. The maximum absolute atomic E-state index is 13.1. The monoisotopic (exact) mass is 488 g/mol. The molecular weight excluding hydrogens is 456 g/mol. The van der Waals surface area contributed by atoms with Crippen LogP contribution in [-0.2, 0) is 21.2 Å². The molecule has 8 nitrogen and oxygen atoms in total. The van der Waals surface area contributed by atoms with Crippen molar-refractivity contribution in [3.05, 3.63) is 54.6 Å². The first kappa shape index (κ1) is 25.6. The molecule has 2 aromatic rings. The number of anilines is 1. The Hall–Kier alpha value is -3.04. The number of allylic oxidation sites excluding steroid dienone is 1. The van der Waals surface area contributed by atoms with Crippen molar-refractivity contribution in [2.45, 2.75) is 37.5 Å². The predicted molar refractivity (Wildman–Crippen MR) is 131 cm³/mol. The number of rotatable bonds is 11. The van der Waals surface area contributed by atoms with Crippen LogP contribution in [0.5, 0.6) is 17.2 Å². The van der Waals surface area contributed by atoms with Gasteiger partial charge in [-0.05, 0) is 62.1 Å². The summed E-state index contributed by atoms with van der Waals surface area (Å²) in [5.41, 5.74) is 1.29. The van der Waals surface area contributed by atoms with Gasteiger partial charge in [-0.2, -0.15) is 4.31 Å². The van der Waals surface area contributed by atoms with E-state index in [9.17, 15) is 13.2 Å². The van der Waals surface area contributed by atoms with Crippen molar-refractivity contribution in [2.24, 2.45) is 0 Å². The van der Waals surface area contributed by atoms with E-state index >= 15 is 0 Å². The predicted octanol–water partition coefficient (Wildman–Crippen LogP) is 4.01. The molecule has 0 aliphatic carbocycles. The number of sulfonamides is 1. The molecule has 9 heteroatoms. The lowest BCUT2D eigenvalue weighted by atomic mass is 10.1. The van der Waals surface area contributed by atoms with Crippen LogP contribution in [0.25, 0.3) is 0 Å². The normalized spacial score (nSPS) is 14.3. The summed E-state index contributed by atoms with van der Waals surface area (Å²) in [4.78, 5) is 12.8. The van der Waals surface area contributed by atoms with Crippen molar-refractivity contribution in [3.63, 3.8) is 0 Å². The Morgan fingerprint density at radius 3 is 2.47 bits per heavy atom. The Morgan fingerprint density at radius 2 is 1.79 bits per heavy atom. The van der Waals surface area contributed by atoms with Gasteiger partial charge in [0.1, 0.15) is 5.75 Å². The van der Waals surface area contributed by atoms with Gasteiger partial charge in [-0.3, -0.25) is 4.79 Å². The molecule has 1 heterocycles. The average molecular weight is 489 g/mol. The highest BCUT2D eigenvalue weighted by Crippen LogP contribution is 2.31. The van der Waals surface area contributed by atoms with Crippen molar-refractivity contribution >= 4 is 21.6 Å². The zero-order valence-electron chi connectivity index (χ0n) is 19.7. The summed E-state index contributed by atoms with van der Waals surface area (Å²) in [5, 5.41) is 2.72. The van der Waals surface area contributed by atoms with E-state index in [2.05, 4.69) is 11.9 Å². The summed E-state index contributed by atoms with van der Waals surface area (Å²) in [6, 6.07) is 9.96. The molecular formula is C25H32N2O6S. The fourth-order valence-electron chi connectivity index (χ4n) is 3.76. The molecule has 0 bridgehead atoms. The number of amides is 1. The fourth-order valence-corrected chi connectivity index (χ4v) is 5.30. The largest absolute Gasteiger partial charge is 0.493 e. The SMILES string of the molecule is C=CCc1ccc(OCC(=O)Nc2cc(S(=O)(=O)N3CCCCC3)ccc2OCC)c(OC)c1. The number of carbonyl (C=O) groups is 1. The highest BCUT2D eigenvalue weighted by molar-refractivity contribution is 7.89. The first-order chi connectivity index (χ1) is 16.4. The second kappa shape index (κ2) is 11.9. The van der Waals surface area contributed by atoms with Gasteiger partial charge in [0.05, 0.1) is 24.3 Å². The van der Waals surface area contributed by atoms with Gasteiger partial charge in [-0.1, -0.05) is 18.6 Å². The van der Waals surface area contributed by atoms with Crippen LogP contribution in [0.1, 0.15) is 31.7 Å². The number of ether oxygens (including phenoxy) is 3. The van der Waals surface area contributed by atoms with Crippen LogP contribution in [0.3, 0.4) is 0 Å². The van der Waals surface area contributed by atoms with Gasteiger partial charge in [0.15, 0.2) is 18.1 Å². The van der Waals surface area contributed by atoms with Gasteiger partial charge in [0.2, 0.25) is 10.0 Å². The molecule has 34 heavy (non-hydrogen) atoms. The van der Waals surface area contributed by atoms with Crippen LogP contribution >= 0.6 is 0 Å². The zero-order chi connectivity index (χ0) is 24.6. The number of nitrogens with zero attached hydrogens (tertiary/aromatic N) is 1. The molecule has 3 rings (SSSR count). The molecule has 0 saturated carbocycles. The molecule has 0 atom stereocenters. The van der Waals surface area contributed by atoms with E-state index in [1.165, 1.54) is 23.5 Å². The number of piperidine rings is 1. The van der Waals surface area contributed by atoms with E-state index in [-0.39, 0.29) is 17.2 Å². The number of hydrogen-bond acceptors (Lipinski definition) is 6. The van der Waals surface area contributed by atoms with Crippen LogP contribution < -0.4 is 19.5 Å².